The highest BCUT2D eigenvalue weighted by Crippen LogP contribution is 2.31. The van der Waals surface area contributed by atoms with Gasteiger partial charge in [-0.05, 0) is 38.1 Å². The Morgan fingerprint density at radius 3 is 2.47 bits per heavy atom. The number of amides is 1. The number of hydrogen-bond acceptors (Lipinski definition) is 7. The van der Waals surface area contributed by atoms with Gasteiger partial charge in [0.1, 0.15) is 11.4 Å². The highest BCUT2D eigenvalue weighted by molar-refractivity contribution is 6.32. The molecule has 0 bridgehead atoms. The lowest BCUT2D eigenvalue weighted by atomic mass is 10.00. The molecule has 1 amide bonds. The molecule has 3 aromatic heterocycles. The molecule has 30 heavy (non-hydrogen) atoms. The molecule has 1 aliphatic heterocycles. The molecule has 9 nitrogen and oxygen atoms in total. The van der Waals surface area contributed by atoms with Crippen LogP contribution in [0, 0.1) is 6.92 Å². The van der Waals surface area contributed by atoms with Crippen molar-refractivity contribution in [2.24, 2.45) is 5.10 Å². The van der Waals surface area contributed by atoms with Gasteiger partial charge in [-0.25, -0.2) is 5.43 Å². The van der Waals surface area contributed by atoms with Crippen molar-refractivity contribution in [1.29, 1.82) is 0 Å². The summed E-state index contributed by atoms with van der Waals surface area (Å²) < 4.78 is 0. The number of nitrogens with zero attached hydrogens (tertiary/aromatic N) is 5. The molecule has 152 valence electrons. The minimum absolute atomic E-state index is 0.290. The van der Waals surface area contributed by atoms with Crippen LogP contribution in [0.1, 0.15) is 29.6 Å². The zero-order valence-electron chi connectivity index (χ0n) is 16.8. The van der Waals surface area contributed by atoms with Crippen LogP contribution in [0.5, 0.6) is 0 Å². The molecule has 0 spiro atoms. The standard InChI is InChI=1S/C21H22N8O/c1-3-22-5-4-14-13(2)27-16(19(14)17-11-23-6-8-25-17)10-15-20(28-29-21(15)30)18-12-24-7-9-26-18/h6-12,22,27H,3-5H2,1-2H3,(H,29,30). The van der Waals surface area contributed by atoms with Crippen molar-refractivity contribution in [1.82, 2.24) is 35.7 Å². The summed E-state index contributed by atoms with van der Waals surface area (Å²) in [7, 11) is 0. The number of rotatable bonds is 7. The van der Waals surface area contributed by atoms with Crippen LogP contribution in [0.2, 0.25) is 0 Å². The number of hydrazone groups is 1. The summed E-state index contributed by atoms with van der Waals surface area (Å²) in [5, 5.41) is 7.51. The van der Waals surface area contributed by atoms with Gasteiger partial charge in [0.2, 0.25) is 0 Å². The third-order valence-electron chi connectivity index (χ3n) is 4.83. The van der Waals surface area contributed by atoms with Crippen LogP contribution in [-0.4, -0.2) is 49.6 Å². The second-order valence-corrected chi connectivity index (χ2v) is 6.76. The third kappa shape index (κ3) is 3.87. The highest BCUT2D eigenvalue weighted by atomic mass is 16.2. The maximum absolute atomic E-state index is 12.5. The third-order valence-corrected chi connectivity index (χ3v) is 4.83. The van der Waals surface area contributed by atoms with Crippen LogP contribution in [0.25, 0.3) is 17.3 Å². The van der Waals surface area contributed by atoms with Crippen molar-refractivity contribution in [2.45, 2.75) is 20.3 Å². The Balaban J connectivity index is 1.81. The predicted molar refractivity (Wildman–Crippen MR) is 113 cm³/mol. The fourth-order valence-corrected chi connectivity index (χ4v) is 3.45. The second-order valence-electron chi connectivity index (χ2n) is 6.76. The Hall–Kier alpha value is -3.72. The first kappa shape index (κ1) is 19.6. The first-order chi connectivity index (χ1) is 14.7. The van der Waals surface area contributed by atoms with E-state index >= 15 is 0 Å². The van der Waals surface area contributed by atoms with Crippen LogP contribution in [0.15, 0.2) is 47.9 Å². The molecule has 3 N–H and O–H groups in total. The Kier molecular flexibility index (Phi) is 5.71. The number of aromatic nitrogens is 5. The van der Waals surface area contributed by atoms with Crippen molar-refractivity contribution < 1.29 is 4.79 Å². The molecule has 3 aromatic rings. The smallest absolute Gasteiger partial charge is 0.273 e. The van der Waals surface area contributed by atoms with Crippen molar-refractivity contribution in [3.05, 3.63) is 65.4 Å². The van der Waals surface area contributed by atoms with Gasteiger partial charge in [0.05, 0.1) is 23.7 Å². The minimum atomic E-state index is -0.290. The maximum atomic E-state index is 12.5. The molecule has 1 aliphatic rings. The molecule has 0 aromatic carbocycles. The molecule has 0 unspecified atom stereocenters. The largest absolute Gasteiger partial charge is 0.358 e. The molecule has 4 heterocycles. The molecular formula is C21H22N8O. The lowest BCUT2D eigenvalue weighted by Crippen LogP contribution is -2.16. The lowest BCUT2D eigenvalue weighted by Gasteiger charge is -2.07. The molecule has 0 saturated heterocycles. The Bertz CT molecular complexity index is 1100. The number of carbonyl (C=O) groups is 1. The van der Waals surface area contributed by atoms with E-state index in [1.54, 1.807) is 43.3 Å². The lowest BCUT2D eigenvalue weighted by molar-refractivity contribution is -0.116. The summed E-state index contributed by atoms with van der Waals surface area (Å²) in [6.07, 6.45) is 12.4. The van der Waals surface area contributed by atoms with Crippen molar-refractivity contribution >= 4 is 17.7 Å². The first-order valence-electron chi connectivity index (χ1n) is 9.74. The highest BCUT2D eigenvalue weighted by Gasteiger charge is 2.27. The van der Waals surface area contributed by atoms with Crippen molar-refractivity contribution in [3.8, 4) is 11.3 Å². The number of carbonyl (C=O) groups excluding carboxylic acids is 1. The van der Waals surface area contributed by atoms with Gasteiger partial charge in [0.15, 0.2) is 0 Å². The Morgan fingerprint density at radius 2 is 1.80 bits per heavy atom. The van der Waals surface area contributed by atoms with E-state index in [9.17, 15) is 4.79 Å². The summed E-state index contributed by atoms with van der Waals surface area (Å²) in [5.41, 5.74) is 8.55. The molecule has 0 aliphatic carbocycles. The van der Waals surface area contributed by atoms with E-state index in [1.807, 2.05) is 6.92 Å². The van der Waals surface area contributed by atoms with Crippen LogP contribution in [-0.2, 0) is 11.2 Å². The second kappa shape index (κ2) is 8.75. The molecule has 0 fully saturated rings. The molecule has 9 heteroatoms. The topological polar surface area (TPSA) is 121 Å². The van der Waals surface area contributed by atoms with E-state index in [0.717, 1.165) is 47.7 Å². The number of aryl methyl sites for hydroxylation is 1. The monoisotopic (exact) mass is 402 g/mol. The van der Waals surface area contributed by atoms with Crippen LogP contribution in [0.4, 0.5) is 0 Å². The van der Waals surface area contributed by atoms with Gasteiger partial charge in [-0.15, -0.1) is 0 Å². The van der Waals surface area contributed by atoms with Crippen molar-refractivity contribution in [2.75, 3.05) is 13.1 Å². The average Bonchev–Trinajstić information content (AvgIpc) is 3.29. The summed E-state index contributed by atoms with van der Waals surface area (Å²) in [4.78, 5) is 33.0. The normalized spacial score (nSPS) is 14.8. The van der Waals surface area contributed by atoms with Gasteiger partial charge in [-0.3, -0.25) is 24.7 Å². The molecule has 0 saturated carbocycles. The zero-order valence-corrected chi connectivity index (χ0v) is 16.8. The summed E-state index contributed by atoms with van der Waals surface area (Å²) >= 11 is 0. The number of aromatic amines is 1. The molecule has 4 rings (SSSR count). The van der Waals surface area contributed by atoms with Gasteiger partial charge in [-0.2, -0.15) is 5.10 Å². The summed E-state index contributed by atoms with van der Waals surface area (Å²) in [6, 6.07) is 0. The van der Waals surface area contributed by atoms with E-state index < -0.39 is 0 Å². The fraction of sp³-hybridized carbons (Fsp3) is 0.238. The SMILES string of the molecule is CCNCCc1c(C)[nH]c(C=C2C(=O)NN=C2c2cnccn2)c1-c1cnccn1. The quantitative estimate of drug-likeness (QED) is 0.408. The van der Waals surface area contributed by atoms with Gasteiger partial charge >= 0.3 is 0 Å². The van der Waals surface area contributed by atoms with Crippen LogP contribution < -0.4 is 10.7 Å². The number of H-pyrrole nitrogens is 1. The van der Waals surface area contributed by atoms with Crippen LogP contribution >= 0.6 is 0 Å². The average molecular weight is 402 g/mol. The fourth-order valence-electron chi connectivity index (χ4n) is 3.45. The first-order valence-corrected chi connectivity index (χ1v) is 9.74. The molecule has 0 atom stereocenters. The summed E-state index contributed by atoms with van der Waals surface area (Å²) in [6.45, 7) is 5.84. The zero-order chi connectivity index (χ0) is 20.9. The van der Waals surface area contributed by atoms with E-state index in [1.165, 1.54) is 0 Å². The summed E-state index contributed by atoms with van der Waals surface area (Å²) in [5.74, 6) is -0.290. The van der Waals surface area contributed by atoms with Crippen LogP contribution in [0.3, 0.4) is 0 Å². The number of nitrogens with one attached hydrogen (secondary N) is 3. The van der Waals surface area contributed by atoms with E-state index in [0.29, 0.717) is 17.0 Å². The number of likely N-dealkylation sites (N-methyl/N-ethyl adjacent to an activating group) is 1. The molecular weight excluding hydrogens is 380 g/mol. The van der Waals surface area contributed by atoms with E-state index in [4.69, 9.17) is 0 Å². The minimum Gasteiger partial charge on any atom is -0.358 e. The van der Waals surface area contributed by atoms with Gasteiger partial charge in [0.25, 0.3) is 5.91 Å². The van der Waals surface area contributed by atoms with Crippen molar-refractivity contribution in [3.63, 3.8) is 0 Å². The predicted octanol–water partition coefficient (Wildman–Crippen LogP) is 1.64. The van der Waals surface area contributed by atoms with E-state index in [-0.39, 0.29) is 5.91 Å². The van der Waals surface area contributed by atoms with E-state index in [2.05, 4.69) is 47.7 Å². The number of hydrogen-bond donors (Lipinski definition) is 3. The van der Waals surface area contributed by atoms with Gasteiger partial charge < -0.3 is 10.3 Å². The van der Waals surface area contributed by atoms with Gasteiger partial charge in [-0.1, -0.05) is 6.92 Å². The molecule has 0 radical (unpaired) electrons. The van der Waals surface area contributed by atoms with Gasteiger partial charge in [0, 0.05) is 41.7 Å². The maximum Gasteiger partial charge on any atom is 0.273 e. The Labute approximate surface area is 173 Å². The Morgan fingerprint density at radius 1 is 1.07 bits per heavy atom.